The maximum atomic E-state index is 10.6. The molecule has 0 aliphatic heterocycles. The first-order valence-electron chi connectivity index (χ1n) is 5.42. The number of hydrogen-bond acceptors (Lipinski definition) is 3. The Morgan fingerprint density at radius 1 is 1.18 bits per heavy atom. The minimum Gasteiger partial charge on any atom is -0.297 e. The summed E-state index contributed by atoms with van der Waals surface area (Å²) in [6.07, 6.45) is 0.908. The van der Waals surface area contributed by atoms with Crippen molar-refractivity contribution in [2.75, 3.05) is 0 Å². The van der Waals surface area contributed by atoms with Gasteiger partial charge in [-0.15, -0.1) is 23.1 Å². The number of aryl methyl sites for hydroxylation is 2. The third-order valence-electron chi connectivity index (χ3n) is 2.38. The second-order valence-electron chi connectivity index (χ2n) is 4.06. The third kappa shape index (κ3) is 3.45. The first-order chi connectivity index (χ1) is 8.17. The van der Waals surface area contributed by atoms with Gasteiger partial charge in [0, 0.05) is 5.75 Å². The van der Waals surface area contributed by atoms with Gasteiger partial charge in [-0.3, -0.25) is 4.79 Å². The fourth-order valence-electron chi connectivity index (χ4n) is 1.78. The zero-order valence-corrected chi connectivity index (χ0v) is 11.5. The second-order valence-corrected chi connectivity index (χ2v) is 6.45. The number of carbonyl (C=O) groups is 1. The maximum absolute atomic E-state index is 10.6. The summed E-state index contributed by atoms with van der Waals surface area (Å²) < 4.78 is 1.20. The van der Waals surface area contributed by atoms with Gasteiger partial charge in [0.1, 0.15) is 0 Å². The molecule has 0 unspecified atom stereocenters. The summed E-state index contributed by atoms with van der Waals surface area (Å²) in [4.78, 5) is 11.4. The quantitative estimate of drug-likeness (QED) is 0.597. The first-order valence-corrected chi connectivity index (χ1v) is 7.22. The zero-order valence-electron chi connectivity index (χ0n) is 9.90. The van der Waals surface area contributed by atoms with Crippen molar-refractivity contribution in [1.82, 2.24) is 0 Å². The fourth-order valence-corrected chi connectivity index (χ4v) is 3.68. The molecule has 0 spiro atoms. The van der Waals surface area contributed by atoms with Crippen LogP contribution in [0, 0.1) is 13.8 Å². The van der Waals surface area contributed by atoms with Crippen molar-refractivity contribution in [3.8, 4) is 0 Å². The van der Waals surface area contributed by atoms with E-state index in [4.69, 9.17) is 0 Å². The van der Waals surface area contributed by atoms with Gasteiger partial charge in [0.2, 0.25) is 0 Å². The van der Waals surface area contributed by atoms with Crippen LogP contribution < -0.4 is 0 Å². The maximum Gasteiger partial charge on any atom is 0.160 e. The molecule has 0 N–H and O–H groups in total. The Balaban J connectivity index is 2.04. The molecule has 2 rings (SSSR count). The Bertz CT molecular complexity index is 509. The monoisotopic (exact) mass is 262 g/mol. The molecule has 0 aliphatic rings. The van der Waals surface area contributed by atoms with Crippen molar-refractivity contribution in [3.05, 3.63) is 51.9 Å². The number of hydrogen-bond donors (Lipinski definition) is 0. The van der Waals surface area contributed by atoms with Crippen LogP contribution in [0.15, 0.2) is 34.5 Å². The smallest absolute Gasteiger partial charge is 0.160 e. The SMILES string of the molecule is Cc1cc(C)cc(CSc2ccc(C=O)s2)c1. The summed E-state index contributed by atoms with van der Waals surface area (Å²) in [6, 6.07) is 10.5. The van der Waals surface area contributed by atoms with E-state index in [2.05, 4.69) is 32.0 Å². The van der Waals surface area contributed by atoms with Gasteiger partial charge in [-0.2, -0.15) is 0 Å². The molecule has 0 fully saturated rings. The largest absolute Gasteiger partial charge is 0.297 e. The highest BCUT2D eigenvalue weighted by atomic mass is 32.2. The third-order valence-corrected chi connectivity index (χ3v) is 4.69. The molecule has 1 aromatic heterocycles. The van der Waals surface area contributed by atoms with Gasteiger partial charge in [-0.1, -0.05) is 29.3 Å². The number of rotatable bonds is 4. The van der Waals surface area contributed by atoms with Gasteiger partial charge in [0.25, 0.3) is 0 Å². The predicted octanol–water partition coefficient (Wildman–Crippen LogP) is 4.47. The lowest BCUT2D eigenvalue weighted by molar-refractivity contribution is 0.112. The van der Waals surface area contributed by atoms with Crippen LogP contribution in [0.2, 0.25) is 0 Å². The minimum absolute atomic E-state index is 0.799. The first kappa shape index (κ1) is 12.4. The van der Waals surface area contributed by atoms with Crippen molar-refractivity contribution >= 4 is 29.4 Å². The molecule has 0 amide bonds. The van der Waals surface area contributed by atoms with Crippen LogP contribution in [0.25, 0.3) is 0 Å². The van der Waals surface area contributed by atoms with E-state index in [0.29, 0.717) is 0 Å². The van der Waals surface area contributed by atoms with E-state index in [1.807, 2.05) is 12.1 Å². The van der Waals surface area contributed by atoms with Crippen LogP contribution >= 0.6 is 23.1 Å². The van der Waals surface area contributed by atoms with Gasteiger partial charge in [0.15, 0.2) is 6.29 Å². The highest BCUT2D eigenvalue weighted by Gasteiger charge is 2.01. The summed E-state index contributed by atoms with van der Waals surface area (Å²) in [5.74, 6) is 0.960. The van der Waals surface area contributed by atoms with E-state index >= 15 is 0 Å². The molecule has 0 aliphatic carbocycles. The molecule has 3 heteroatoms. The van der Waals surface area contributed by atoms with Crippen molar-refractivity contribution < 1.29 is 4.79 Å². The lowest BCUT2D eigenvalue weighted by Gasteiger charge is -2.03. The molecule has 17 heavy (non-hydrogen) atoms. The van der Waals surface area contributed by atoms with Crippen LogP contribution in [-0.4, -0.2) is 6.29 Å². The summed E-state index contributed by atoms with van der Waals surface area (Å²) in [5.41, 5.74) is 3.95. The molecule has 0 atom stereocenters. The molecule has 1 aromatic carbocycles. The van der Waals surface area contributed by atoms with Crippen molar-refractivity contribution in [1.29, 1.82) is 0 Å². The number of carbonyl (C=O) groups excluding carboxylic acids is 1. The molecule has 2 aromatic rings. The molecule has 0 radical (unpaired) electrons. The fraction of sp³-hybridized carbons (Fsp3) is 0.214. The number of benzene rings is 1. The Kier molecular flexibility index (Phi) is 4.02. The molecule has 1 heterocycles. The molecule has 0 bridgehead atoms. The molecule has 0 saturated heterocycles. The molecular weight excluding hydrogens is 248 g/mol. The van der Waals surface area contributed by atoms with Crippen LogP contribution in [-0.2, 0) is 5.75 Å². The number of thioether (sulfide) groups is 1. The van der Waals surface area contributed by atoms with Gasteiger partial charge < -0.3 is 0 Å². The molecule has 1 nitrogen and oxygen atoms in total. The second kappa shape index (κ2) is 5.52. The normalized spacial score (nSPS) is 10.5. The summed E-state index contributed by atoms with van der Waals surface area (Å²) in [6.45, 7) is 4.24. The van der Waals surface area contributed by atoms with Gasteiger partial charge >= 0.3 is 0 Å². The van der Waals surface area contributed by atoms with Crippen LogP contribution in [0.5, 0.6) is 0 Å². The highest BCUT2D eigenvalue weighted by molar-refractivity contribution is 8.00. The average molecular weight is 262 g/mol. The average Bonchev–Trinajstić information content (AvgIpc) is 2.73. The molecular formula is C14H14OS2. The van der Waals surface area contributed by atoms with Crippen molar-refractivity contribution in [2.24, 2.45) is 0 Å². The highest BCUT2D eigenvalue weighted by Crippen LogP contribution is 2.29. The van der Waals surface area contributed by atoms with Crippen LogP contribution in [0.1, 0.15) is 26.4 Å². The van der Waals surface area contributed by atoms with Crippen molar-refractivity contribution in [2.45, 2.75) is 23.8 Å². The minimum atomic E-state index is 0.799. The van der Waals surface area contributed by atoms with Gasteiger partial charge in [0.05, 0.1) is 9.09 Å². The Morgan fingerprint density at radius 3 is 2.47 bits per heavy atom. The zero-order chi connectivity index (χ0) is 12.3. The van der Waals surface area contributed by atoms with E-state index in [1.165, 1.54) is 20.9 Å². The van der Waals surface area contributed by atoms with Crippen molar-refractivity contribution in [3.63, 3.8) is 0 Å². The van der Waals surface area contributed by atoms with Gasteiger partial charge in [-0.25, -0.2) is 0 Å². The van der Waals surface area contributed by atoms with Gasteiger partial charge in [-0.05, 0) is 31.5 Å². The van der Waals surface area contributed by atoms with Crippen LogP contribution in [0.4, 0.5) is 0 Å². The Morgan fingerprint density at radius 2 is 1.88 bits per heavy atom. The predicted molar refractivity (Wildman–Crippen MR) is 75.2 cm³/mol. The molecule has 88 valence electrons. The lowest BCUT2D eigenvalue weighted by Crippen LogP contribution is -1.84. The summed E-state index contributed by atoms with van der Waals surface area (Å²) in [7, 11) is 0. The molecule has 0 saturated carbocycles. The number of aldehydes is 1. The summed E-state index contributed by atoms with van der Waals surface area (Å²) in [5, 5.41) is 0. The van der Waals surface area contributed by atoms with Crippen LogP contribution in [0.3, 0.4) is 0 Å². The topological polar surface area (TPSA) is 17.1 Å². The lowest BCUT2D eigenvalue weighted by atomic mass is 10.1. The standard InChI is InChI=1S/C14H14OS2/c1-10-5-11(2)7-12(6-10)9-16-14-4-3-13(8-15)17-14/h3-8H,9H2,1-2H3. The van der Waals surface area contributed by atoms with E-state index in [0.717, 1.165) is 16.9 Å². The Labute approximate surface area is 110 Å². The number of thiophene rings is 1. The van der Waals surface area contributed by atoms with E-state index in [-0.39, 0.29) is 0 Å². The van der Waals surface area contributed by atoms with E-state index in [9.17, 15) is 4.79 Å². The van der Waals surface area contributed by atoms with E-state index in [1.54, 1.807) is 23.1 Å². The summed E-state index contributed by atoms with van der Waals surface area (Å²) >= 11 is 3.34. The van der Waals surface area contributed by atoms with E-state index < -0.39 is 0 Å². The Hall–Kier alpha value is -1.06.